The van der Waals surface area contributed by atoms with E-state index in [1.807, 2.05) is 12.1 Å². The van der Waals surface area contributed by atoms with E-state index in [-0.39, 0.29) is 17.4 Å². The van der Waals surface area contributed by atoms with Crippen molar-refractivity contribution in [3.8, 4) is 5.69 Å². The van der Waals surface area contributed by atoms with Crippen LogP contribution in [0.2, 0.25) is 0 Å². The van der Waals surface area contributed by atoms with Gasteiger partial charge in [-0.3, -0.25) is 4.79 Å². The molecule has 1 aromatic heterocycles. The van der Waals surface area contributed by atoms with Crippen molar-refractivity contribution in [3.05, 3.63) is 75.2 Å². The number of nitrogen functional groups attached to an aromatic ring is 1. The fourth-order valence-electron chi connectivity index (χ4n) is 2.08. The molecule has 0 aliphatic carbocycles. The van der Waals surface area contributed by atoms with Crippen molar-refractivity contribution >= 4 is 34.2 Å². The van der Waals surface area contributed by atoms with Gasteiger partial charge in [0.15, 0.2) is 5.78 Å². The van der Waals surface area contributed by atoms with Gasteiger partial charge in [0.05, 0.1) is 17.4 Å². The van der Waals surface area contributed by atoms with Crippen LogP contribution in [-0.4, -0.2) is 15.6 Å². The van der Waals surface area contributed by atoms with Crippen LogP contribution in [0.4, 0.5) is 10.2 Å². The van der Waals surface area contributed by atoms with Crippen LogP contribution in [0.25, 0.3) is 5.69 Å². The zero-order valence-electron chi connectivity index (χ0n) is 11.3. The standard InChI is InChI=1S/C16H11FIN3O/c17-11-3-7-13(8-4-11)21-16(19)14(9-20-21)15(22)10-1-5-12(18)6-2-10/h1-9H,19H2. The molecule has 110 valence electrons. The first-order valence-electron chi connectivity index (χ1n) is 6.46. The van der Waals surface area contributed by atoms with E-state index in [9.17, 15) is 9.18 Å². The molecule has 3 aromatic rings. The van der Waals surface area contributed by atoms with Gasteiger partial charge in [-0.1, -0.05) is 0 Å². The van der Waals surface area contributed by atoms with E-state index in [1.54, 1.807) is 24.3 Å². The Bertz CT molecular complexity index is 826. The molecule has 0 radical (unpaired) electrons. The molecule has 0 atom stereocenters. The minimum absolute atomic E-state index is 0.192. The van der Waals surface area contributed by atoms with Crippen molar-refractivity contribution in [3.63, 3.8) is 0 Å². The number of hydrogen-bond donors (Lipinski definition) is 1. The van der Waals surface area contributed by atoms with Crippen LogP contribution in [0.15, 0.2) is 54.7 Å². The predicted octanol–water partition coefficient (Wildman–Crippen LogP) is 3.43. The van der Waals surface area contributed by atoms with Crippen LogP contribution in [0, 0.1) is 9.39 Å². The van der Waals surface area contributed by atoms with Crippen molar-refractivity contribution in [2.45, 2.75) is 0 Å². The number of ketones is 1. The molecule has 0 saturated heterocycles. The van der Waals surface area contributed by atoms with Crippen LogP contribution in [0.1, 0.15) is 15.9 Å². The number of benzene rings is 2. The summed E-state index contributed by atoms with van der Waals surface area (Å²) in [5, 5.41) is 4.13. The maximum absolute atomic E-state index is 13.0. The SMILES string of the molecule is Nc1c(C(=O)c2ccc(I)cc2)cnn1-c1ccc(F)cc1. The molecular formula is C16H11FIN3O. The third-order valence-corrected chi connectivity index (χ3v) is 3.95. The van der Waals surface area contributed by atoms with Crippen molar-refractivity contribution in [2.75, 3.05) is 5.73 Å². The first-order chi connectivity index (χ1) is 10.6. The Morgan fingerprint density at radius 3 is 2.36 bits per heavy atom. The number of rotatable bonds is 3. The average molecular weight is 407 g/mol. The van der Waals surface area contributed by atoms with Gasteiger partial charge in [-0.05, 0) is 71.1 Å². The number of aromatic nitrogens is 2. The second kappa shape index (κ2) is 5.88. The summed E-state index contributed by atoms with van der Waals surface area (Å²) in [7, 11) is 0. The number of anilines is 1. The monoisotopic (exact) mass is 407 g/mol. The molecule has 0 amide bonds. The maximum atomic E-state index is 13.0. The lowest BCUT2D eigenvalue weighted by atomic mass is 10.1. The number of carbonyl (C=O) groups excluding carboxylic acids is 1. The summed E-state index contributed by atoms with van der Waals surface area (Å²) in [4.78, 5) is 12.5. The first kappa shape index (κ1) is 14.7. The summed E-state index contributed by atoms with van der Waals surface area (Å²) in [6.07, 6.45) is 1.43. The van der Waals surface area contributed by atoms with Crippen LogP contribution in [0.5, 0.6) is 0 Å². The molecule has 3 rings (SSSR count). The molecule has 4 nitrogen and oxygen atoms in total. The summed E-state index contributed by atoms with van der Waals surface area (Å²) in [5.74, 6) is -0.304. The highest BCUT2D eigenvalue weighted by molar-refractivity contribution is 14.1. The van der Waals surface area contributed by atoms with E-state index in [1.165, 1.54) is 23.0 Å². The molecule has 0 bridgehead atoms. The van der Waals surface area contributed by atoms with Crippen LogP contribution in [0.3, 0.4) is 0 Å². The normalized spacial score (nSPS) is 10.6. The summed E-state index contributed by atoms with van der Waals surface area (Å²) >= 11 is 2.17. The molecule has 0 unspecified atom stereocenters. The summed E-state index contributed by atoms with van der Waals surface area (Å²) in [5.41, 5.74) is 7.50. The van der Waals surface area contributed by atoms with Gasteiger partial charge >= 0.3 is 0 Å². The van der Waals surface area contributed by atoms with E-state index in [0.29, 0.717) is 16.8 Å². The zero-order valence-corrected chi connectivity index (χ0v) is 13.5. The van der Waals surface area contributed by atoms with Gasteiger partial charge in [-0.15, -0.1) is 0 Å². The van der Waals surface area contributed by atoms with E-state index < -0.39 is 0 Å². The molecule has 0 aliphatic heterocycles. The molecule has 0 aliphatic rings. The third kappa shape index (κ3) is 2.74. The number of halogens is 2. The smallest absolute Gasteiger partial charge is 0.198 e. The Labute approximate surface area is 139 Å². The highest BCUT2D eigenvalue weighted by Crippen LogP contribution is 2.21. The van der Waals surface area contributed by atoms with E-state index in [2.05, 4.69) is 27.7 Å². The van der Waals surface area contributed by atoms with E-state index in [4.69, 9.17) is 5.73 Å². The van der Waals surface area contributed by atoms with Gasteiger partial charge in [-0.25, -0.2) is 9.07 Å². The average Bonchev–Trinajstić information content (AvgIpc) is 2.90. The topological polar surface area (TPSA) is 60.9 Å². The lowest BCUT2D eigenvalue weighted by Crippen LogP contribution is -2.07. The Hall–Kier alpha value is -2.22. The van der Waals surface area contributed by atoms with Gasteiger partial charge in [0, 0.05) is 9.13 Å². The maximum Gasteiger partial charge on any atom is 0.198 e. The Morgan fingerprint density at radius 1 is 1.09 bits per heavy atom. The van der Waals surface area contributed by atoms with Crippen LogP contribution >= 0.6 is 22.6 Å². The largest absolute Gasteiger partial charge is 0.383 e. The highest BCUT2D eigenvalue weighted by Gasteiger charge is 2.17. The number of nitrogens with zero attached hydrogens (tertiary/aromatic N) is 2. The first-order valence-corrected chi connectivity index (χ1v) is 7.54. The molecule has 0 saturated carbocycles. The predicted molar refractivity (Wildman–Crippen MR) is 90.5 cm³/mol. The quantitative estimate of drug-likeness (QED) is 0.535. The van der Waals surface area contributed by atoms with Crippen LogP contribution in [-0.2, 0) is 0 Å². The Balaban J connectivity index is 1.98. The molecule has 0 spiro atoms. The second-order valence-corrected chi connectivity index (χ2v) is 5.91. The van der Waals surface area contributed by atoms with Crippen molar-refractivity contribution in [2.24, 2.45) is 0 Å². The second-order valence-electron chi connectivity index (χ2n) is 4.67. The van der Waals surface area contributed by atoms with Crippen molar-refractivity contribution < 1.29 is 9.18 Å². The number of hydrogen-bond acceptors (Lipinski definition) is 3. The summed E-state index contributed by atoms with van der Waals surface area (Å²) in [6, 6.07) is 12.9. The van der Waals surface area contributed by atoms with Gasteiger partial charge < -0.3 is 5.73 Å². The van der Waals surface area contributed by atoms with E-state index >= 15 is 0 Å². The van der Waals surface area contributed by atoms with Gasteiger partial charge in [0.25, 0.3) is 0 Å². The number of nitrogens with two attached hydrogens (primary N) is 1. The van der Waals surface area contributed by atoms with Gasteiger partial charge in [-0.2, -0.15) is 5.10 Å². The van der Waals surface area contributed by atoms with Crippen molar-refractivity contribution in [1.29, 1.82) is 0 Å². The Kier molecular flexibility index (Phi) is 3.93. The molecule has 0 fully saturated rings. The molecule has 6 heteroatoms. The van der Waals surface area contributed by atoms with Gasteiger partial charge in [0.1, 0.15) is 11.6 Å². The minimum Gasteiger partial charge on any atom is -0.383 e. The fraction of sp³-hybridized carbons (Fsp3) is 0. The van der Waals surface area contributed by atoms with Crippen molar-refractivity contribution in [1.82, 2.24) is 9.78 Å². The van der Waals surface area contributed by atoms with Crippen LogP contribution < -0.4 is 5.73 Å². The summed E-state index contributed by atoms with van der Waals surface area (Å²) in [6.45, 7) is 0. The molecule has 22 heavy (non-hydrogen) atoms. The van der Waals surface area contributed by atoms with E-state index in [0.717, 1.165) is 3.57 Å². The molecular weight excluding hydrogens is 396 g/mol. The highest BCUT2D eigenvalue weighted by atomic mass is 127. The lowest BCUT2D eigenvalue weighted by molar-refractivity contribution is 0.103. The Morgan fingerprint density at radius 2 is 1.73 bits per heavy atom. The summed E-state index contributed by atoms with van der Waals surface area (Å²) < 4.78 is 15.4. The molecule has 1 heterocycles. The zero-order chi connectivity index (χ0) is 15.7. The third-order valence-electron chi connectivity index (χ3n) is 3.23. The minimum atomic E-state index is -0.343. The van der Waals surface area contributed by atoms with Gasteiger partial charge in [0.2, 0.25) is 0 Å². The molecule has 2 aromatic carbocycles. The fourth-order valence-corrected chi connectivity index (χ4v) is 2.44. The lowest BCUT2D eigenvalue weighted by Gasteiger charge is -2.05. The molecule has 2 N–H and O–H groups in total. The number of carbonyl (C=O) groups is 1.